The van der Waals surface area contributed by atoms with Crippen molar-refractivity contribution in [3.05, 3.63) is 29.8 Å². The van der Waals surface area contributed by atoms with Crippen molar-refractivity contribution in [2.24, 2.45) is 0 Å². The number of benzene rings is 1. The van der Waals surface area contributed by atoms with Gasteiger partial charge in [-0.05, 0) is 56.9 Å². The zero-order chi connectivity index (χ0) is 14.5. The molecule has 1 aromatic rings. The van der Waals surface area contributed by atoms with Gasteiger partial charge in [-0.3, -0.25) is 0 Å². The van der Waals surface area contributed by atoms with Crippen LogP contribution in [0.25, 0.3) is 0 Å². The Morgan fingerprint density at radius 2 is 2.20 bits per heavy atom. The van der Waals surface area contributed by atoms with Crippen molar-refractivity contribution in [3.63, 3.8) is 0 Å². The number of thiocarbonyl (C=S) groups is 1. The lowest BCUT2D eigenvalue weighted by molar-refractivity contribution is 0.297. The first-order chi connectivity index (χ1) is 9.60. The molecule has 0 aromatic heterocycles. The fraction of sp³-hybridized carbons (Fsp3) is 0.533. The van der Waals surface area contributed by atoms with Gasteiger partial charge in [0.15, 0.2) is 5.11 Å². The quantitative estimate of drug-likeness (QED) is 0.784. The van der Waals surface area contributed by atoms with Crippen molar-refractivity contribution in [1.82, 2.24) is 15.5 Å². The van der Waals surface area contributed by atoms with Crippen LogP contribution in [0.15, 0.2) is 24.3 Å². The molecule has 0 radical (unpaired) electrons. The molecule has 0 spiro atoms. The summed E-state index contributed by atoms with van der Waals surface area (Å²) in [6.07, 6.45) is 2.46. The Labute approximate surface area is 126 Å². The molecule has 1 aliphatic rings. The van der Waals surface area contributed by atoms with Crippen molar-refractivity contribution in [2.75, 3.05) is 27.7 Å². The molecule has 2 N–H and O–H groups in total. The van der Waals surface area contributed by atoms with Gasteiger partial charge in [0.25, 0.3) is 0 Å². The summed E-state index contributed by atoms with van der Waals surface area (Å²) in [5, 5.41) is 7.36. The van der Waals surface area contributed by atoms with Crippen LogP contribution >= 0.6 is 12.2 Å². The smallest absolute Gasteiger partial charge is 0.166 e. The van der Waals surface area contributed by atoms with E-state index in [1.807, 2.05) is 12.1 Å². The van der Waals surface area contributed by atoms with Crippen LogP contribution in [0.3, 0.4) is 0 Å². The lowest BCUT2D eigenvalue weighted by Gasteiger charge is -2.26. The molecule has 1 saturated carbocycles. The minimum Gasteiger partial charge on any atom is -0.497 e. The lowest BCUT2D eigenvalue weighted by Crippen LogP contribution is -2.41. The van der Waals surface area contributed by atoms with E-state index >= 15 is 0 Å². The number of ether oxygens (including phenoxy) is 1. The molecular formula is C15H23N3OS. The third-order valence-electron chi connectivity index (χ3n) is 3.47. The average Bonchev–Trinajstić information content (AvgIpc) is 3.22. The summed E-state index contributed by atoms with van der Waals surface area (Å²) in [5.41, 5.74) is 1.22. The molecule has 20 heavy (non-hydrogen) atoms. The van der Waals surface area contributed by atoms with Crippen LogP contribution in [0.4, 0.5) is 0 Å². The number of rotatable bonds is 6. The highest BCUT2D eigenvalue weighted by atomic mass is 32.1. The van der Waals surface area contributed by atoms with Gasteiger partial charge in [0.2, 0.25) is 0 Å². The number of hydrogen-bond acceptors (Lipinski definition) is 3. The molecular weight excluding hydrogens is 270 g/mol. The first-order valence-electron chi connectivity index (χ1n) is 6.95. The number of likely N-dealkylation sites (N-methyl/N-ethyl adjacent to an activating group) is 1. The summed E-state index contributed by atoms with van der Waals surface area (Å²) < 4.78 is 5.29. The van der Waals surface area contributed by atoms with Gasteiger partial charge < -0.3 is 20.3 Å². The highest BCUT2D eigenvalue weighted by Gasteiger charge is 2.22. The second-order valence-corrected chi connectivity index (χ2v) is 5.79. The van der Waals surface area contributed by atoms with Crippen molar-refractivity contribution in [3.8, 4) is 5.75 Å². The fourth-order valence-corrected chi connectivity index (χ4v) is 2.35. The first-order valence-corrected chi connectivity index (χ1v) is 7.35. The van der Waals surface area contributed by atoms with Crippen LogP contribution in [0, 0.1) is 0 Å². The summed E-state index contributed by atoms with van der Waals surface area (Å²) in [4.78, 5) is 2.18. The van der Waals surface area contributed by atoms with Crippen LogP contribution in [0.5, 0.6) is 5.75 Å². The van der Waals surface area contributed by atoms with E-state index < -0.39 is 0 Å². The van der Waals surface area contributed by atoms with Crippen LogP contribution < -0.4 is 15.4 Å². The Balaban J connectivity index is 1.96. The summed E-state index contributed by atoms with van der Waals surface area (Å²) in [5.74, 6) is 0.882. The maximum atomic E-state index is 5.31. The van der Waals surface area contributed by atoms with E-state index in [4.69, 9.17) is 17.0 Å². The van der Waals surface area contributed by atoms with Gasteiger partial charge in [-0.2, -0.15) is 0 Å². The minimum atomic E-state index is 0.254. The van der Waals surface area contributed by atoms with E-state index in [2.05, 4.69) is 41.8 Å². The maximum absolute atomic E-state index is 5.31. The van der Waals surface area contributed by atoms with E-state index in [0.717, 1.165) is 17.4 Å². The van der Waals surface area contributed by atoms with E-state index in [1.54, 1.807) is 7.11 Å². The zero-order valence-electron chi connectivity index (χ0n) is 12.3. The molecule has 0 aliphatic heterocycles. The number of hydrogen-bond donors (Lipinski definition) is 2. The number of nitrogens with one attached hydrogen (secondary N) is 2. The molecule has 0 saturated heterocycles. The summed E-state index contributed by atoms with van der Waals surface area (Å²) in [6, 6.07) is 9.01. The molecule has 1 aromatic carbocycles. The molecule has 0 heterocycles. The Kier molecular flexibility index (Phi) is 5.20. The number of methoxy groups -OCH3 is 1. The van der Waals surface area contributed by atoms with Crippen molar-refractivity contribution in [2.45, 2.75) is 24.9 Å². The van der Waals surface area contributed by atoms with Crippen LogP contribution in [-0.4, -0.2) is 43.8 Å². The van der Waals surface area contributed by atoms with E-state index in [-0.39, 0.29) is 6.04 Å². The molecule has 1 atom stereocenters. The summed E-state index contributed by atoms with van der Waals surface area (Å²) in [7, 11) is 5.84. The largest absolute Gasteiger partial charge is 0.497 e. The molecule has 110 valence electrons. The summed E-state index contributed by atoms with van der Waals surface area (Å²) >= 11 is 5.31. The van der Waals surface area contributed by atoms with E-state index in [0.29, 0.717) is 6.04 Å². The van der Waals surface area contributed by atoms with Crippen molar-refractivity contribution < 1.29 is 4.74 Å². The van der Waals surface area contributed by atoms with E-state index in [1.165, 1.54) is 18.4 Å². The van der Waals surface area contributed by atoms with Crippen molar-refractivity contribution >= 4 is 17.3 Å². The zero-order valence-corrected chi connectivity index (χ0v) is 13.2. The predicted molar refractivity (Wildman–Crippen MR) is 86.2 cm³/mol. The number of nitrogens with zero attached hydrogens (tertiary/aromatic N) is 1. The molecule has 1 unspecified atom stereocenters. The van der Waals surface area contributed by atoms with Gasteiger partial charge >= 0.3 is 0 Å². The standard InChI is InChI=1S/C15H23N3OS/c1-18(2)14(10-16-15(20)17-12-7-8-12)11-5-4-6-13(9-11)19-3/h4-6,9,12,14H,7-8,10H2,1-3H3,(H2,16,17,20). The van der Waals surface area contributed by atoms with E-state index in [9.17, 15) is 0 Å². The Morgan fingerprint density at radius 1 is 1.45 bits per heavy atom. The SMILES string of the molecule is COc1cccc(C(CNC(=S)NC2CC2)N(C)C)c1. The van der Waals surface area contributed by atoms with Crippen LogP contribution in [0.1, 0.15) is 24.4 Å². The second-order valence-electron chi connectivity index (χ2n) is 5.38. The molecule has 0 amide bonds. The molecule has 1 aliphatic carbocycles. The molecule has 0 bridgehead atoms. The predicted octanol–water partition coefficient (Wildman–Crippen LogP) is 1.92. The molecule has 1 fully saturated rings. The van der Waals surface area contributed by atoms with Crippen LogP contribution in [0.2, 0.25) is 0 Å². The maximum Gasteiger partial charge on any atom is 0.166 e. The lowest BCUT2D eigenvalue weighted by atomic mass is 10.1. The average molecular weight is 293 g/mol. The van der Waals surface area contributed by atoms with Crippen molar-refractivity contribution in [1.29, 1.82) is 0 Å². The monoisotopic (exact) mass is 293 g/mol. The minimum absolute atomic E-state index is 0.254. The van der Waals surface area contributed by atoms with Gasteiger partial charge in [-0.15, -0.1) is 0 Å². The summed E-state index contributed by atoms with van der Waals surface area (Å²) in [6.45, 7) is 0.777. The van der Waals surface area contributed by atoms with Gasteiger partial charge in [0.05, 0.1) is 13.2 Å². The third kappa shape index (κ3) is 4.35. The van der Waals surface area contributed by atoms with Crippen LogP contribution in [-0.2, 0) is 0 Å². The van der Waals surface area contributed by atoms with Gasteiger partial charge in [0, 0.05) is 12.6 Å². The second kappa shape index (κ2) is 6.90. The highest BCUT2D eigenvalue weighted by Crippen LogP contribution is 2.22. The Hall–Kier alpha value is -1.33. The van der Waals surface area contributed by atoms with Gasteiger partial charge in [0.1, 0.15) is 5.75 Å². The molecule has 4 nitrogen and oxygen atoms in total. The normalized spacial score (nSPS) is 15.8. The van der Waals surface area contributed by atoms with Gasteiger partial charge in [-0.1, -0.05) is 12.1 Å². The Bertz CT molecular complexity index is 460. The highest BCUT2D eigenvalue weighted by molar-refractivity contribution is 7.80. The molecule has 2 rings (SSSR count). The Morgan fingerprint density at radius 3 is 2.80 bits per heavy atom. The fourth-order valence-electron chi connectivity index (χ4n) is 2.10. The molecule has 5 heteroatoms. The first kappa shape index (κ1) is 15.1. The topological polar surface area (TPSA) is 36.5 Å². The third-order valence-corrected chi connectivity index (χ3v) is 3.73. The van der Waals surface area contributed by atoms with Gasteiger partial charge in [-0.25, -0.2) is 0 Å².